The van der Waals surface area contributed by atoms with Crippen LogP contribution in [-0.2, 0) is 4.74 Å². The van der Waals surface area contributed by atoms with Gasteiger partial charge in [-0.1, -0.05) is 0 Å². The fraction of sp³-hybridized carbons (Fsp3) is 0.562. The van der Waals surface area contributed by atoms with Gasteiger partial charge in [0.15, 0.2) is 5.82 Å². The summed E-state index contributed by atoms with van der Waals surface area (Å²) in [5, 5.41) is 11.3. The van der Waals surface area contributed by atoms with Crippen LogP contribution in [0.2, 0.25) is 0 Å². The lowest BCUT2D eigenvalue weighted by atomic mass is 9.96. The number of carbonyl (C=O) groups excluding carboxylic acids is 1. The Morgan fingerprint density at radius 1 is 1.48 bits per heavy atom. The third-order valence-electron chi connectivity index (χ3n) is 4.69. The SMILES string of the molecule is COC[C@@H]1CN(C(=O)c2ccsc2)C[C@H]1c1nc(C2CC2)n[nH]1. The Kier molecular flexibility index (Phi) is 3.90. The van der Waals surface area contributed by atoms with Crippen molar-refractivity contribution in [2.24, 2.45) is 5.92 Å². The van der Waals surface area contributed by atoms with Gasteiger partial charge in [0.25, 0.3) is 5.91 Å². The highest BCUT2D eigenvalue weighted by Crippen LogP contribution is 2.39. The van der Waals surface area contributed by atoms with Crippen LogP contribution >= 0.6 is 11.3 Å². The van der Waals surface area contributed by atoms with Crippen LogP contribution in [0.25, 0.3) is 0 Å². The lowest BCUT2D eigenvalue weighted by molar-refractivity contribution is 0.0776. The predicted molar refractivity (Wildman–Crippen MR) is 86.7 cm³/mol. The molecule has 2 aromatic rings. The second-order valence-corrected chi connectivity index (χ2v) is 7.18. The number of hydrogen-bond acceptors (Lipinski definition) is 5. The van der Waals surface area contributed by atoms with Gasteiger partial charge in [-0.3, -0.25) is 9.89 Å². The minimum atomic E-state index is 0.0942. The van der Waals surface area contributed by atoms with Gasteiger partial charge in [-0.2, -0.15) is 16.4 Å². The van der Waals surface area contributed by atoms with E-state index >= 15 is 0 Å². The maximum atomic E-state index is 12.6. The molecular formula is C16H20N4O2S. The topological polar surface area (TPSA) is 71.1 Å². The normalized spacial score (nSPS) is 24.3. The molecule has 0 aromatic carbocycles. The Morgan fingerprint density at radius 3 is 3.04 bits per heavy atom. The van der Waals surface area contributed by atoms with Crippen LogP contribution in [0.15, 0.2) is 16.8 Å². The van der Waals surface area contributed by atoms with Gasteiger partial charge in [0.05, 0.1) is 12.2 Å². The molecule has 0 unspecified atom stereocenters. The number of amides is 1. The second kappa shape index (κ2) is 6.05. The van der Waals surface area contributed by atoms with Crippen molar-refractivity contribution in [3.05, 3.63) is 34.0 Å². The third-order valence-corrected chi connectivity index (χ3v) is 5.37. The molecule has 122 valence electrons. The van der Waals surface area contributed by atoms with Crippen LogP contribution in [0.4, 0.5) is 0 Å². The molecule has 1 aliphatic heterocycles. The molecule has 6 nitrogen and oxygen atoms in total. The molecule has 0 spiro atoms. The number of nitrogens with zero attached hydrogens (tertiary/aromatic N) is 3. The van der Waals surface area contributed by atoms with Crippen molar-refractivity contribution < 1.29 is 9.53 Å². The summed E-state index contributed by atoms with van der Waals surface area (Å²) in [5.41, 5.74) is 0.767. The molecule has 1 aliphatic carbocycles. The van der Waals surface area contributed by atoms with Gasteiger partial charge in [-0.15, -0.1) is 0 Å². The van der Waals surface area contributed by atoms with E-state index in [-0.39, 0.29) is 17.7 Å². The van der Waals surface area contributed by atoms with Gasteiger partial charge in [0.2, 0.25) is 0 Å². The lowest BCUT2D eigenvalue weighted by Crippen LogP contribution is -2.29. The quantitative estimate of drug-likeness (QED) is 0.911. The van der Waals surface area contributed by atoms with Crippen LogP contribution in [0.5, 0.6) is 0 Å². The Labute approximate surface area is 138 Å². The molecule has 23 heavy (non-hydrogen) atoms. The third kappa shape index (κ3) is 2.90. The van der Waals surface area contributed by atoms with Gasteiger partial charge < -0.3 is 9.64 Å². The summed E-state index contributed by atoms with van der Waals surface area (Å²) in [6.07, 6.45) is 2.37. The van der Waals surface area contributed by atoms with Gasteiger partial charge in [-0.25, -0.2) is 4.98 Å². The monoisotopic (exact) mass is 332 g/mol. The number of carbonyl (C=O) groups is 1. The molecule has 0 radical (unpaired) electrons. The number of thiophene rings is 1. The average molecular weight is 332 g/mol. The minimum Gasteiger partial charge on any atom is -0.384 e. The lowest BCUT2D eigenvalue weighted by Gasteiger charge is -2.15. The molecule has 2 atom stereocenters. The van der Waals surface area contributed by atoms with Crippen molar-refractivity contribution in [1.82, 2.24) is 20.1 Å². The van der Waals surface area contributed by atoms with Gasteiger partial charge in [0.1, 0.15) is 5.82 Å². The molecule has 7 heteroatoms. The van der Waals surface area contributed by atoms with E-state index in [1.807, 2.05) is 21.7 Å². The highest BCUT2D eigenvalue weighted by atomic mass is 32.1. The minimum absolute atomic E-state index is 0.0942. The molecule has 2 fully saturated rings. The van der Waals surface area contributed by atoms with Crippen LogP contribution in [0.3, 0.4) is 0 Å². The number of rotatable bonds is 5. The van der Waals surface area contributed by atoms with Crippen molar-refractivity contribution in [1.29, 1.82) is 0 Å². The first-order chi connectivity index (χ1) is 11.3. The number of H-pyrrole nitrogens is 1. The number of aromatic amines is 1. The molecular weight excluding hydrogens is 312 g/mol. The zero-order valence-electron chi connectivity index (χ0n) is 13.1. The van der Waals surface area contributed by atoms with Crippen LogP contribution in [-0.4, -0.2) is 52.8 Å². The van der Waals surface area contributed by atoms with Crippen molar-refractivity contribution in [3.8, 4) is 0 Å². The summed E-state index contributed by atoms with van der Waals surface area (Å²) < 4.78 is 5.36. The number of methoxy groups -OCH3 is 1. The Balaban J connectivity index is 1.53. The number of nitrogens with one attached hydrogen (secondary N) is 1. The van der Waals surface area contributed by atoms with Gasteiger partial charge in [0, 0.05) is 43.3 Å². The molecule has 1 amide bonds. The van der Waals surface area contributed by atoms with Crippen LogP contribution in [0.1, 0.15) is 46.7 Å². The predicted octanol–water partition coefficient (Wildman–Crippen LogP) is 2.25. The Hall–Kier alpha value is -1.73. The first-order valence-electron chi connectivity index (χ1n) is 7.99. The van der Waals surface area contributed by atoms with E-state index in [0.29, 0.717) is 25.6 Å². The van der Waals surface area contributed by atoms with E-state index in [0.717, 1.165) is 17.2 Å². The summed E-state index contributed by atoms with van der Waals surface area (Å²) in [6, 6.07) is 1.88. The average Bonchev–Trinajstić information content (AvgIpc) is 3.00. The maximum Gasteiger partial charge on any atom is 0.254 e. The van der Waals surface area contributed by atoms with Gasteiger partial charge >= 0.3 is 0 Å². The van der Waals surface area contributed by atoms with Crippen molar-refractivity contribution in [2.45, 2.75) is 24.7 Å². The highest BCUT2D eigenvalue weighted by Gasteiger charge is 2.39. The van der Waals surface area contributed by atoms with E-state index in [1.54, 1.807) is 18.4 Å². The zero-order valence-corrected chi connectivity index (χ0v) is 13.9. The highest BCUT2D eigenvalue weighted by molar-refractivity contribution is 7.08. The molecule has 1 N–H and O–H groups in total. The standard InChI is InChI=1S/C16H20N4O2S/c1-22-8-12-6-20(16(21)11-4-5-23-9-11)7-13(12)15-17-14(18-19-15)10-2-3-10/h4-5,9-10,12-13H,2-3,6-8H2,1H3,(H,17,18,19)/t12-,13+/m0/s1. The summed E-state index contributed by atoms with van der Waals surface area (Å²) in [5.74, 6) is 2.87. The zero-order chi connectivity index (χ0) is 15.8. The molecule has 2 aliphatic rings. The van der Waals surface area contributed by atoms with E-state index in [1.165, 1.54) is 12.8 Å². The first-order valence-corrected chi connectivity index (χ1v) is 8.93. The van der Waals surface area contributed by atoms with Gasteiger partial charge in [-0.05, 0) is 24.3 Å². The molecule has 3 heterocycles. The number of likely N-dealkylation sites (tertiary alicyclic amines) is 1. The fourth-order valence-corrected chi connectivity index (χ4v) is 3.91. The van der Waals surface area contributed by atoms with E-state index in [9.17, 15) is 4.79 Å². The Bertz CT molecular complexity index is 680. The van der Waals surface area contributed by atoms with E-state index in [2.05, 4.69) is 15.2 Å². The number of aromatic nitrogens is 3. The summed E-state index contributed by atoms with van der Waals surface area (Å²) >= 11 is 1.55. The van der Waals surface area contributed by atoms with Crippen LogP contribution < -0.4 is 0 Å². The van der Waals surface area contributed by atoms with E-state index < -0.39 is 0 Å². The molecule has 1 saturated heterocycles. The van der Waals surface area contributed by atoms with Crippen molar-refractivity contribution in [3.63, 3.8) is 0 Å². The smallest absolute Gasteiger partial charge is 0.254 e. The Morgan fingerprint density at radius 2 is 2.35 bits per heavy atom. The van der Waals surface area contributed by atoms with Crippen LogP contribution in [0, 0.1) is 5.92 Å². The largest absolute Gasteiger partial charge is 0.384 e. The molecule has 2 aromatic heterocycles. The molecule has 4 rings (SSSR count). The van der Waals surface area contributed by atoms with E-state index in [4.69, 9.17) is 4.74 Å². The van der Waals surface area contributed by atoms with Crippen molar-refractivity contribution >= 4 is 17.2 Å². The second-order valence-electron chi connectivity index (χ2n) is 6.40. The van der Waals surface area contributed by atoms with Crippen molar-refractivity contribution in [2.75, 3.05) is 26.8 Å². The molecule has 1 saturated carbocycles. The fourth-order valence-electron chi connectivity index (χ4n) is 3.28. The first kappa shape index (κ1) is 14.8. The summed E-state index contributed by atoms with van der Waals surface area (Å²) in [6.45, 7) is 1.99. The summed E-state index contributed by atoms with van der Waals surface area (Å²) in [4.78, 5) is 19.2. The molecule has 0 bridgehead atoms. The number of hydrogen-bond donors (Lipinski definition) is 1. The summed E-state index contributed by atoms with van der Waals surface area (Å²) in [7, 11) is 1.70. The number of ether oxygens (including phenoxy) is 1. The maximum absolute atomic E-state index is 12.6.